The molecule has 5 atom stereocenters. The Kier molecular flexibility index (Phi) is 11.0. The van der Waals surface area contributed by atoms with E-state index in [0.717, 1.165) is 16.9 Å². The molecule has 4 aromatic rings. The molecule has 260 valence electrons. The van der Waals surface area contributed by atoms with Gasteiger partial charge in [-0.05, 0) is 48.7 Å². The summed E-state index contributed by atoms with van der Waals surface area (Å²) in [5.74, 6) is 0.207. The van der Waals surface area contributed by atoms with E-state index in [1.54, 1.807) is 24.4 Å². The predicted octanol–water partition coefficient (Wildman–Crippen LogP) is 3.21. The number of benzene rings is 2. The molecular weight excluding hydrogens is 673 g/mol. The lowest BCUT2D eigenvalue weighted by atomic mass is 10.0. The lowest BCUT2D eigenvalue weighted by Gasteiger charge is -2.30. The van der Waals surface area contributed by atoms with Gasteiger partial charge in [-0.2, -0.15) is 4.31 Å². The van der Waals surface area contributed by atoms with E-state index in [9.17, 15) is 23.1 Å². The number of sulfonamides is 1. The number of aliphatic hydroxyl groups excluding tert-OH is 1. The second-order valence-corrected chi connectivity index (χ2v) is 14.8. The molecule has 2 aliphatic rings. The number of aliphatic hydroxyl groups is 1. The number of alkyl carbamates (subject to hydrolysis) is 1. The second kappa shape index (κ2) is 15.6. The van der Waals surface area contributed by atoms with Crippen LogP contribution in [0.2, 0.25) is 0 Å². The van der Waals surface area contributed by atoms with Crippen LogP contribution >= 0.6 is 11.3 Å². The van der Waals surface area contributed by atoms with Gasteiger partial charge in [0.2, 0.25) is 15.9 Å². The molecule has 2 aromatic carbocycles. The SMILES string of the molecule is CC(=O)Nc1nc2ccc(S(=O)(=O)N(CCNc3ccccn3)C[C@@H](O)[C@H](Cc3ccccc3)NC(=O)O[C@H]3CO[C@H]4OCC[C@H]43)cc2s1. The van der Waals surface area contributed by atoms with E-state index in [4.69, 9.17) is 14.2 Å². The quantitative estimate of drug-likeness (QED) is 0.151. The molecule has 16 heteroatoms. The van der Waals surface area contributed by atoms with Crippen molar-refractivity contribution in [1.29, 1.82) is 0 Å². The Morgan fingerprint density at radius 2 is 1.94 bits per heavy atom. The van der Waals surface area contributed by atoms with Crippen LogP contribution < -0.4 is 16.0 Å². The van der Waals surface area contributed by atoms with Gasteiger partial charge in [0, 0.05) is 32.8 Å². The molecule has 0 saturated carbocycles. The van der Waals surface area contributed by atoms with Crippen molar-refractivity contribution in [2.24, 2.45) is 5.92 Å². The van der Waals surface area contributed by atoms with E-state index in [0.29, 0.717) is 34.2 Å². The van der Waals surface area contributed by atoms with Crippen LogP contribution in [-0.2, 0) is 35.4 Å². The lowest BCUT2D eigenvalue weighted by molar-refractivity contribution is -0.114. The molecule has 4 N–H and O–H groups in total. The number of aromatic nitrogens is 2. The van der Waals surface area contributed by atoms with Gasteiger partial charge >= 0.3 is 6.09 Å². The van der Waals surface area contributed by atoms with Gasteiger partial charge in [-0.3, -0.25) is 4.79 Å². The number of nitrogens with one attached hydrogen (secondary N) is 3. The summed E-state index contributed by atoms with van der Waals surface area (Å²) < 4.78 is 47.1. The fourth-order valence-electron chi connectivity index (χ4n) is 5.86. The number of pyridine rings is 1. The third-order valence-corrected chi connectivity index (χ3v) is 11.1. The van der Waals surface area contributed by atoms with Crippen molar-refractivity contribution in [3.05, 3.63) is 78.5 Å². The highest BCUT2D eigenvalue weighted by Gasteiger charge is 2.44. The summed E-state index contributed by atoms with van der Waals surface area (Å²) in [7, 11) is -4.19. The minimum atomic E-state index is -4.19. The minimum Gasteiger partial charge on any atom is -0.443 e. The molecule has 0 unspecified atom stereocenters. The summed E-state index contributed by atoms with van der Waals surface area (Å²) in [5.41, 5.74) is 1.36. The number of anilines is 2. The molecule has 0 aliphatic carbocycles. The summed E-state index contributed by atoms with van der Waals surface area (Å²) in [6.45, 7) is 1.92. The van der Waals surface area contributed by atoms with Gasteiger partial charge in [0.15, 0.2) is 11.4 Å². The van der Waals surface area contributed by atoms with Crippen molar-refractivity contribution >= 4 is 54.5 Å². The third-order valence-electron chi connectivity index (χ3n) is 8.31. The van der Waals surface area contributed by atoms with Crippen LogP contribution in [0.3, 0.4) is 0 Å². The van der Waals surface area contributed by atoms with Gasteiger partial charge in [0.25, 0.3) is 0 Å². The number of thiazole rings is 1. The van der Waals surface area contributed by atoms with Gasteiger partial charge in [-0.25, -0.2) is 23.2 Å². The van der Waals surface area contributed by atoms with E-state index in [1.165, 1.54) is 23.4 Å². The molecule has 2 fully saturated rings. The summed E-state index contributed by atoms with van der Waals surface area (Å²) in [6, 6.07) is 18.2. The van der Waals surface area contributed by atoms with Crippen LogP contribution in [0.1, 0.15) is 18.9 Å². The molecule has 0 radical (unpaired) electrons. The summed E-state index contributed by atoms with van der Waals surface area (Å²) >= 11 is 1.15. The fourth-order valence-corrected chi connectivity index (χ4v) is 8.37. The highest BCUT2D eigenvalue weighted by molar-refractivity contribution is 7.89. The molecule has 0 bridgehead atoms. The molecular formula is C33H38N6O8S2. The van der Waals surface area contributed by atoms with Gasteiger partial charge in [0.05, 0.1) is 46.4 Å². The van der Waals surface area contributed by atoms with Gasteiger partial charge in [-0.15, -0.1) is 0 Å². The normalized spacial score (nSPS) is 20.1. The topological polar surface area (TPSA) is 181 Å². The maximum absolute atomic E-state index is 14.2. The first-order chi connectivity index (χ1) is 23.7. The molecule has 2 amide bonds. The number of hydrogen-bond donors (Lipinski definition) is 4. The van der Waals surface area contributed by atoms with Crippen molar-refractivity contribution in [1.82, 2.24) is 19.6 Å². The first kappa shape index (κ1) is 34.7. The van der Waals surface area contributed by atoms with Crippen molar-refractivity contribution in [2.45, 2.75) is 49.2 Å². The minimum absolute atomic E-state index is 0.00962. The monoisotopic (exact) mass is 710 g/mol. The maximum atomic E-state index is 14.2. The average Bonchev–Trinajstić information content (AvgIpc) is 3.81. The largest absolute Gasteiger partial charge is 0.443 e. The third kappa shape index (κ3) is 8.70. The standard InChI is InChI=1S/C33H38N6O8S2/c1-21(40)36-32-37-25-11-10-23(18-29(25)48-32)49(43,44)39(15-14-35-30-9-5-6-13-34-30)19-27(41)26(17-22-7-3-2-4-8-22)38-33(42)47-28-20-46-31-24(28)12-16-45-31/h2-11,13,18,24,26-28,31,41H,12,14-17,19-20H2,1H3,(H,34,35)(H,38,42)(H,36,37,40)/t24-,26-,27+,28-,31+/m0/s1. The van der Waals surface area contributed by atoms with Crippen molar-refractivity contribution in [2.75, 3.05) is 43.5 Å². The Morgan fingerprint density at radius 1 is 1.12 bits per heavy atom. The molecule has 6 rings (SSSR count). The van der Waals surface area contributed by atoms with E-state index in [2.05, 4.69) is 25.9 Å². The Hall–Kier alpha value is -4.19. The Bertz CT molecular complexity index is 1850. The van der Waals surface area contributed by atoms with Crippen LogP contribution in [0.25, 0.3) is 10.2 Å². The number of amides is 2. The number of ether oxygens (including phenoxy) is 3. The molecule has 49 heavy (non-hydrogen) atoms. The lowest BCUT2D eigenvalue weighted by Crippen LogP contribution is -2.51. The zero-order chi connectivity index (χ0) is 34.4. The van der Waals surface area contributed by atoms with E-state index in [1.807, 2.05) is 36.4 Å². The fraction of sp³-hybridized carbons (Fsp3) is 0.394. The molecule has 2 aromatic heterocycles. The number of rotatable bonds is 14. The maximum Gasteiger partial charge on any atom is 0.407 e. The van der Waals surface area contributed by atoms with Crippen LogP contribution in [-0.4, -0.2) is 97.2 Å². The van der Waals surface area contributed by atoms with Gasteiger partial charge in [-0.1, -0.05) is 47.7 Å². The summed E-state index contributed by atoms with van der Waals surface area (Å²) in [5, 5.41) is 20.6. The number of carbonyl (C=O) groups is 2. The molecule has 0 spiro atoms. The van der Waals surface area contributed by atoms with Gasteiger partial charge < -0.3 is 35.3 Å². The highest BCUT2D eigenvalue weighted by atomic mass is 32.2. The van der Waals surface area contributed by atoms with Crippen molar-refractivity contribution in [3.63, 3.8) is 0 Å². The number of nitrogens with zero attached hydrogens (tertiary/aromatic N) is 3. The van der Waals surface area contributed by atoms with Crippen LogP contribution in [0.15, 0.2) is 77.8 Å². The number of hydrogen-bond acceptors (Lipinski definition) is 12. The molecule has 2 aliphatic heterocycles. The molecule has 4 heterocycles. The van der Waals surface area contributed by atoms with Crippen molar-refractivity contribution in [3.8, 4) is 0 Å². The first-order valence-electron chi connectivity index (χ1n) is 15.9. The van der Waals surface area contributed by atoms with Gasteiger partial charge in [0.1, 0.15) is 11.9 Å². The van der Waals surface area contributed by atoms with E-state index >= 15 is 0 Å². The number of carbonyl (C=O) groups excluding carboxylic acids is 2. The van der Waals surface area contributed by atoms with E-state index < -0.39 is 40.7 Å². The van der Waals surface area contributed by atoms with Crippen LogP contribution in [0, 0.1) is 5.92 Å². The average molecular weight is 711 g/mol. The van der Waals surface area contributed by atoms with Crippen LogP contribution in [0.5, 0.6) is 0 Å². The Balaban J connectivity index is 1.23. The number of fused-ring (bicyclic) bond motifs is 2. The molecule has 14 nitrogen and oxygen atoms in total. The van der Waals surface area contributed by atoms with Crippen molar-refractivity contribution < 1.29 is 37.3 Å². The predicted molar refractivity (Wildman–Crippen MR) is 183 cm³/mol. The highest BCUT2D eigenvalue weighted by Crippen LogP contribution is 2.33. The summed E-state index contributed by atoms with van der Waals surface area (Å²) in [4.78, 5) is 33.3. The summed E-state index contributed by atoms with van der Waals surface area (Å²) in [6.07, 6.45) is -0.424. The zero-order valence-corrected chi connectivity index (χ0v) is 28.4. The molecule has 2 saturated heterocycles. The van der Waals surface area contributed by atoms with E-state index in [-0.39, 0.29) is 49.4 Å². The Morgan fingerprint density at radius 3 is 2.71 bits per heavy atom. The Labute approximate surface area is 287 Å². The van der Waals surface area contributed by atoms with Crippen LogP contribution in [0.4, 0.5) is 15.7 Å². The first-order valence-corrected chi connectivity index (χ1v) is 18.2. The smallest absolute Gasteiger partial charge is 0.407 e. The zero-order valence-electron chi connectivity index (χ0n) is 26.7. The second-order valence-electron chi connectivity index (χ2n) is 11.8.